The summed E-state index contributed by atoms with van der Waals surface area (Å²) in [5.41, 5.74) is 5.45. The van der Waals surface area contributed by atoms with Crippen LogP contribution < -0.4 is 15.4 Å². The third kappa shape index (κ3) is 4.16. The molecule has 1 aromatic rings. The van der Waals surface area contributed by atoms with Crippen LogP contribution in [-0.4, -0.2) is 54.4 Å². The number of anilines is 1. The second-order valence-corrected chi connectivity index (χ2v) is 4.93. The van der Waals surface area contributed by atoms with Gasteiger partial charge in [-0.1, -0.05) is 0 Å². The molecule has 7 nitrogen and oxygen atoms in total. The third-order valence-electron chi connectivity index (χ3n) is 3.19. The van der Waals surface area contributed by atoms with Gasteiger partial charge in [0, 0.05) is 19.7 Å². The van der Waals surface area contributed by atoms with Crippen LogP contribution in [0, 0.1) is 0 Å². The number of hydrogen-bond donors (Lipinski definition) is 1. The molecule has 2 heterocycles. The van der Waals surface area contributed by atoms with E-state index in [1.165, 1.54) is 7.11 Å². The highest BCUT2D eigenvalue weighted by Crippen LogP contribution is 2.20. The summed E-state index contributed by atoms with van der Waals surface area (Å²) in [6.07, 6.45) is 3.07. The molecule has 2 N–H and O–H groups in total. The lowest BCUT2D eigenvalue weighted by molar-refractivity contribution is 0.0364. The van der Waals surface area contributed by atoms with Gasteiger partial charge in [-0.25, -0.2) is 0 Å². The van der Waals surface area contributed by atoms with E-state index >= 15 is 0 Å². The Labute approximate surface area is 123 Å². The van der Waals surface area contributed by atoms with Crippen molar-refractivity contribution in [3.8, 4) is 6.01 Å². The lowest BCUT2D eigenvalue weighted by Crippen LogP contribution is -2.38. The molecule has 112 valence electrons. The van der Waals surface area contributed by atoms with E-state index in [1.54, 1.807) is 0 Å². The van der Waals surface area contributed by atoms with Crippen molar-refractivity contribution in [2.75, 3.05) is 38.3 Å². The first-order chi connectivity index (χ1) is 9.72. The van der Waals surface area contributed by atoms with Gasteiger partial charge in [0.15, 0.2) is 0 Å². The van der Waals surface area contributed by atoms with Gasteiger partial charge in [0.1, 0.15) is 0 Å². The normalized spacial score (nSPS) is 16.4. The molecule has 2 rings (SSSR count). The highest BCUT2D eigenvalue weighted by molar-refractivity contribution is 6.28. The van der Waals surface area contributed by atoms with E-state index < -0.39 is 0 Å². The topological polar surface area (TPSA) is 86.4 Å². The number of nitrogens with zero attached hydrogens (tertiary/aromatic N) is 4. The molecule has 0 unspecified atom stereocenters. The molecule has 0 atom stereocenters. The largest absolute Gasteiger partial charge is 0.467 e. The van der Waals surface area contributed by atoms with E-state index in [1.807, 2.05) is 0 Å². The maximum atomic E-state index is 5.86. The molecule has 20 heavy (non-hydrogen) atoms. The molecule has 1 saturated heterocycles. The zero-order valence-electron chi connectivity index (χ0n) is 11.6. The molecule has 0 radical (unpaired) electrons. The molecular formula is C12H20ClN5O2. The predicted molar refractivity (Wildman–Crippen MR) is 76.2 cm³/mol. The summed E-state index contributed by atoms with van der Waals surface area (Å²) in [6.45, 7) is 3.06. The molecular weight excluding hydrogens is 282 g/mol. The second kappa shape index (κ2) is 7.56. The zero-order chi connectivity index (χ0) is 14.4. The number of piperidine rings is 1. The van der Waals surface area contributed by atoms with Gasteiger partial charge in [-0.2, -0.15) is 15.0 Å². The molecule has 0 bridgehead atoms. The molecule has 1 aliphatic heterocycles. The van der Waals surface area contributed by atoms with E-state index in [-0.39, 0.29) is 17.4 Å². The molecule has 0 amide bonds. The van der Waals surface area contributed by atoms with Gasteiger partial charge in [0.05, 0.1) is 13.2 Å². The molecule has 0 saturated carbocycles. The van der Waals surface area contributed by atoms with E-state index in [9.17, 15) is 0 Å². The molecule has 0 spiro atoms. The van der Waals surface area contributed by atoms with E-state index in [0.29, 0.717) is 12.5 Å². The van der Waals surface area contributed by atoms with Gasteiger partial charge < -0.3 is 20.1 Å². The lowest BCUT2D eigenvalue weighted by Gasteiger charge is -2.31. The summed E-state index contributed by atoms with van der Waals surface area (Å²) >= 11 is 5.86. The highest BCUT2D eigenvalue weighted by atomic mass is 35.5. The van der Waals surface area contributed by atoms with E-state index in [0.717, 1.165) is 39.0 Å². The Kier molecular flexibility index (Phi) is 5.75. The average Bonchev–Trinajstić information content (AvgIpc) is 2.47. The number of hydrogen-bond acceptors (Lipinski definition) is 7. The van der Waals surface area contributed by atoms with Crippen LogP contribution >= 0.6 is 11.6 Å². The fraction of sp³-hybridized carbons (Fsp3) is 0.750. The van der Waals surface area contributed by atoms with Crippen molar-refractivity contribution in [3.05, 3.63) is 5.28 Å². The van der Waals surface area contributed by atoms with Gasteiger partial charge in [-0.3, -0.25) is 0 Å². The Bertz CT molecular complexity index is 426. The Morgan fingerprint density at radius 2 is 2.05 bits per heavy atom. The van der Waals surface area contributed by atoms with Crippen molar-refractivity contribution in [2.24, 2.45) is 5.73 Å². The highest BCUT2D eigenvalue weighted by Gasteiger charge is 2.22. The van der Waals surface area contributed by atoms with Gasteiger partial charge in [0.25, 0.3) is 0 Å². The van der Waals surface area contributed by atoms with Crippen molar-refractivity contribution >= 4 is 17.5 Å². The standard InChI is InChI=1S/C12H20ClN5O2/c1-19-12-16-10(13)15-11(17-12)18-6-3-9(4-7-18)20-8-2-5-14/h9H,2-8,14H2,1H3. The van der Waals surface area contributed by atoms with Crippen LogP contribution in [0.2, 0.25) is 5.28 Å². The van der Waals surface area contributed by atoms with Crippen molar-refractivity contribution in [1.29, 1.82) is 0 Å². The number of methoxy groups -OCH3 is 1. The second-order valence-electron chi connectivity index (χ2n) is 4.59. The van der Waals surface area contributed by atoms with Crippen LogP contribution in [0.1, 0.15) is 19.3 Å². The first-order valence-corrected chi connectivity index (χ1v) is 7.13. The van der Waals surface area contributed by atoms with Crippen LogP contribution in [0.3, 0.4) is 0 Å². The fourth-order valence-corrected chi connectivity index (χ4v) is 2.26. The first-order valence-electron chi connectivity index (χ1n) is 6.75. The molecule has 1 fully saturated rings. The maximum absolute atomic E-state index is 5.86. The Balaban J connectivity index is 1.88. The summed E-state index contributed by atoms with van der Waals surface area (Å²) in [5.74, 6) is 0.558. The van der Waals surface area contributed by atoms with Crippen molar-refractivity contribution in [2.45, 2.75) is 25.4 Å². The van der Waals surface area contributed by atoms with Crippen LogP contribution in [0.25, 0.3) is 0 Å². The lowest BCUT2D eigenvalue weighted by atomic mass is 10.1. The summed E-state index contributed by atoms with van der Waals surface area (Å²) in [6, 6.07) is 0.237. The minimum atomic E-state index is 0.146. The quantitative estimate of drug-likeness (QED) is 0.780. The van der Waals surface area contributed by atoms with Gasteiger partial charge >= 0.3 is 6.01 Å². The number of ether oxygens (including phenoxy) is 2. The number of nitrogens with two attached hydrogens (primary N) is 1. The van der Waals surface area contributed by atoms with E-state index in [2.05, 4.69) is 19.9 Å². The molecule has 0 aliphatic carbocycles. The minimum absolute atomic E-state index is 0.146. The summed E-state index contributed by atoms with van der Waals surface area (Å²) in [4.78, 5) is 14.3. The SMILES string of the molecule is COc1nc(Cl)nc(N2CCC(OCCCN)CC2)n1. The number of aromatic nitrogens is 3. The smallest absolute Gasteiger partial charge is 0.322 e. The minimum Gasteiger partial charge on any atom is -0.467 e. The number of halogens is 1. The van der Waals surface area contributed by atoms with Crippen LogP contribution in [0.4, 0.5) is 5.95 Å². The Hall–Kier alpha value is -1.18. The Morgan fingerprint density at radius 1 is 1.30 bits per heavy atom. The van der Waals surface area contributed by atoms with Gasteiger partial charge in [0.2, 0.25) is 11.2 Å². The molecule has 0 aromatic carbocycles. The van der Waals surface area contributed by atoms with Crippen LogP contribution in [-0.2, 0) is 4.74 Å². The Morgan fingerprint density at radius 3 is 2.70 bits per heavy atom. The molecule has 8 heteroatoms. The van der Waals surface area contributed by atoms with Gasteiger partial charge in [-0.05, 0) is 37.4 Å². The molecule has 1 aromatic heterocycles. The van der Waals surface area contributed by atoms with Crippen molar-refractivity contribution in [3.63, 3.8) is 0 Å². The third-order valence-corrected chi connectivity index (χ3v) is 3.35. The molecule has 1 aliphatic rings. The summed E-state index contributed by atoms with van der Waals surface area (Å²) in [5, 5.41) is 0.146. The maximum Gasteiger partial charge on any atom is 0.322 e. The van der Waals surface area contributed by atoms with Crippen molar-refractivity contribution < 1.29 is 9.47 Å². The fourth-order valence-electron chi connectivity index (χ4n) is 2.11. The van der Waals surface area contributed by atoms with Gasteiger partial charge in [-0.15, -0.1) is 0 Å². The first kappa shape index (κ1) is 15.2. The average molecular weight is 302 g/mol. The van der Waals surface area contributed by atoms with Crippen LogP contribution in [0.15, 0.2) is 0 Å². The number of rotatable bonds is 6. The van der Waals surface area contributed by atoms with E-state index in [4.69, 9.17) is 26.8 Å². The summed E-state index contributed by atoms with van der Waals surface area (Å²) < 4.78 is 10.8. The zero-order valence-corrected chi connectivity index (χ0v) is 12.3. The van der Waals surface area contributed by atoms with Crippen molar-refractivity contribution in [1.82, 2.24) is 15.0 Å². The summed E-state index contributed by atoms with van der Waals surface area (Å²) in [7, 11) is 1.51. The monoisotopic (exact) mass is 301 g/mol. The van der Waals surface area contributed by atoms with Crippen LogP contribution in [0.5, 0.6) is 6.01 Å². The predicted octanol–water partition coefficient (Wildman–Crippen LogP) is 0.868.